The van der Waals surface area contributed by atoms with Crippen molar-refractivity contribution in [3.05, 3.63) is 23.7 Å². The molecule has 1 unspecified atom stereocenters. The molecule has 2 aromatic heterocycles. The average molecular weight is 219 g/mol. The Bertz CT molecular complexity index is 533. The highest BCUT2D eigenvalue weighted by Crippen LogP contribution is 2.17. The number of aromatic amines is 1. The van der Waals surface area contributed by atoms with Gasteiger partial charge in [-0.3, -0.25) is 4.79 Å². The Balaban J connectivity index is 2.40. The highest BCUT2D eigenvalue weighted by Gasteiger charge is 2.14. The smallest absolute Gasteiger partial charge is 0.306 e. The monoisotopic (exact) mass is 219 g/mol. The average Bonchev–Trinajstić information content (AvgIpc) is 2.59. The molecule has 0 aliphatic carbocycles. The molecule has 5 heteroatoms. The first-order valence-electron chi connectivity index (χ1n) is 5.11. The zero-order valence-corrected chi connectivity index (χ0v) is 9.19. The summed E-state index contributed by atoms with van der Waals surface area (Å²) in [7, 11) is 0. The Morgan fingerprint density at radius 3 is 3.06 bits per heavy atom. The molecule has 0 spiro atoms. The summed E-state index contributed by atoms with van der Waals surface area (Å²) in [6.07, 6.45) is 2.14. The molecule has 84 valence electrons. The second kappa shape index (κ2) is 3.92. The van der Waals surface area contributed by atoms with E-state index in [1.807, 2.05) is 13.0 Å². The molecular formula is C11H13N3O2. The van der Waals surface area contributed by atoms with Gasteiger partial charge in [0.2, 0.25) is 0 Å². The molecule has 0 bridgehead atoms. The number of aromatic nitrogens is 3. The number of carboxylic acids is 1. The summed E-state index contributed by atoms with van der Waals surface area (Å²) in [5.74, 6) is -0.409. The lowest BCUT2D eigenvalue weighted by Crippen LogP contribution is -2.12. The fourth-order valence-electron chi connectivity index (χ4n) is 1.67. The van der Waals surface area contributed by atoms with Crippen LogP contribution in [-0.4, -0.2) is 26.0 Å². The Morgan fingerprint density at radius 2 is 2.38 bits per heavy atom. The molecule has 5 nitrogen and oxygen atoms in total. The summed E-state index contributed by atoms with van der Waals surface area (Å²) in [5.41, 5.74) is 2.43. The normalized spacial score (nSPS) is 12.9. The molecule has 1 atom stereocenters. The third kappa shape index (κ3) is 1.88. The molecule has 0 aliphatic rings. The molecule has 0 aromatic carbocycles. The molecular weight excluding hydrogens is 206 g/mol. The topological polar surface area (TPSA) is 78.9 Å². The van der Waals surface area contributed by atoms with E-state index < -0.39 is 11.9 Å². The number of pyridine rings is 1. The Hall–Kier alpha value is -1.91. The molecule has 0 saturated carbocycles. The SMILES string of the molecule is Cc1nc2nccc(CC(C)C(=O)O)c2[nH]1. The van der Waals surface area contributed by atoms with Crippen molar-refractivity contribution in [1.82, 2.24) is 15.0 Å². The van der Waals surface area contributed by atoms with Gasteiger partial charge in [0, 0.05) is 6.20 Å². The van der Waals surface area contributed by atoms with Gasteiger partial charge in [0.1, 0.15) is 5.82 Å². The van der Waals surface area contributed by atoms with Crippen molar-refractivity contribution >= 4 is 17.1 Å². The van der Waals surface area contributed by atoms with Crippen LogP contribution in [0.1, 0.15) is 18.3 Å². The second-order valence-electron chi connectivity index (χ2n) is 3.93. The Kier molecular flexibility index (Phi) is 2.60. The first-order valence-corrected chi connectivity index (χ1v) is 5.11. The Labute approximate surface area is 92.5 Å². The summed E-state index contributed by atoms with van der Waals surface area (Å²) in [5, 5.41) is 8.88. The van der Waals surface area contributed by atoms with E-state index in [0.717, 1.165) is 16.9 Å². The molecule has 2 heterocycles. The first kappa shape index (κ1) is 10.6. The van der Waals surface area contributed by atoms with Gasteiger partial charge in [-0.1, -0.05) is 6.92 Å². The number of hydrogen-bond donors (Lipinski definition) is 2. The van der Waals surface area contributed by atoms with Gasteiger partial charge in [-0.2, -0.15) is 0 Å². The third-order valence-electron chi connectivity index (χ3n) is 2.54. The maximum atomic E-state index is 10.8. The van der Waals surface area contributed by atoms with E-state index in [1.54, 1.807) is 13.1 Å². The molecule has 0 radical (unpaired) electrons. The lowest BCUT2D eigenvalue weighted by Gasteiger charge is -2.06. The zero-order chi connectivity index (χ0) is 11.7. The fraction of sp³-hybridized carbons (Fsp3) is 0.364. The predicted octanol–water partition coefficient (Wildman–Crippen LogP) is 1.53. The van der Waals surface area contributed by atoms with E-state index >= 15 is 0 Å². The predicted molar refractivity (Wildman–Crippen MR) is 59.1 cm³/mol. The van der Waals surface area contributed by atoms with Crippen LogP contribution in [0.2, 0.25) is 0 Å². The summed E-state index contributed by atoms with van der Waals surface area (Å²) in [6.45, 7) is 3.55. The molecule has 0 saturated heterocycles. The van der Waals surface area contributed by atoms with Gasteiger partial charge in [-0.25, -0.2) is 9.97 Å². The van der Waals surface area contributed by atoms with E-state index in [9.17, 15) is 4.79 Å². The van der Waals surface area contributed by atoms with Crippen LogP contribution in [0.25, 0.3) is 11.2 Å². The number of aryl methyl sites for hydroxylation is 1. The lowest BCUT2D eigenvalue weighted by molar-refractivity contribution is -0.141. The fourth-order valence-corrected chi connectivity index (χ4v) is 1.67. The van der Waals surface area contributed by atoms with Crippen molar-refractivity contribution < 1.29 is 9.90 Å². The minimum Gasteiger partial charge on any atom is -0.481 e. The van der Waals surface area contributed by atoms with E-state index in [-0.39, 0.29) is 0 Å². The number of H-pyrrole nitrogens is 1. The maximum absolute atomic E-state index is 10.8. The number of rotatable bonds is 3. The number of carboxylic acid groups (broad SMARTS) is 1. The summed E-state index contributed by atoms with van der Waals surface area (Å²) in [6, 6.07) is 1.83. The van der Waals surface area contributed by atoms with Crippen LogP contribution >= 0.6 is 0 Å². The molecule has 0 aliphatic heterocycles. The number of fused-ring (bicyclic) bond motifs is 1. The van der Waals surface area contributed by atoms with Gasteiger partial charge >= 0.3 is 5.97 Å². The number of carbonyl (C=O) groups is 1. The molecule has 2 rings (SSSR count). The van der Waals surface area contributed by atoms with E-state index in [2.05, 4.69) is 15.0 Å². The van der Waals surface area contributed by atoms with Crippen molar-refractivity contribution in [3.8, 4) is 0 Å². The van der Waals surface area contributed by atoms with Gasteiger partial charge in [0.25, 0.3) is 0 Å². The van der Waals surface area contributed by atoms with E-state index in [0.29, 0.717) is 12.1 Å². The van der Waals surface area contributed by atoms with Gasteiger partial charge in [0.05, 0.1) is 11.4 Å². The first-order chi connectivity index (χ1) is 7.58. The maximum Gasteiger partial charge on any atom is 0.306 e. The van der Waals surface area contributed by atoms with Gasteiger partial charge < -0.3 is 10.1 Å². The van der Waals surface area contributed by atoms with Crippen molar-refractivity contribution in [1.29, 1.82) is 0 Å². The van der Waals surface area contributed by atoms with Crippen LogP contribution in [0, 0.1) is 12.8 Å². The van der Waals surface area contributed by atoms with Crippen LogP contribution in [0.15, 0.2) is 12.3 Å². The third-order valence-corrected chi connectivity index (χ3v) is 2.54. The van der Waals surface area contributed by atoms with Crippen LogP contribution in [0.4, 0.5) is 0 Å². The number of imidazole rings is 1. The standard InChI is InChI=1S/C11H13N3O2/c1-6(11(15)16)5-8-3-4-12-10-9(8)13-7(2)14-10/h3-4,6H,5H2,1-2H3,(H,15,16)(H,12,13,14). The molecule has 2 aromatic rings. The van der Waals surface area contributed by atoms with Crippen molar-refractivity contribution in [2.24, 2.45) is 5.92 Å². The number of nitrogens with zero attached hydrogens (tertiary/aromatic N) is 2. The van der Waals surface area contributed by atoms with E-state index in [4.69, 9.17) is 5.11 Å². The Morgan fingerprint density at radius 1 is 1.62 bits per heavy atom. The van der Waals surface area contributed by atoms with Gasteiger partial charge in [-0.05, 0) is 25.0 Å². The van der Waals surface area contributed by atoms with E-state index in [1.165, 1.54) is 0 Å². The molecule has 2 N–H and O–H groups in total. The quantitative estimate of drug-likeness (QED) is 0.820. The van der Waals surface area contributed by atoms with Gasteiger partial charge in [0.15, 0.2) is 5.65 Å². The minimum atomic E-state index is -0.791. The highest BCUT2D eigenvalue weighted by atomic mass is 16.4. The van der Waals surface area contributed by atoms with Crippen molar-refractivity contribution in [3.63, 3.8) is 0 Å². The number of aliphatic carboxylic acids is 1. The van der Waals surface area contributed by atoms with Crippen molar-refractivity contribution in [2.75, 3.05) is 0 Å². The summed E-state index contributed by atoms with van der Waals surface area (Å²) in [4.78, 5) is 22.2. The second-order valence-corrected chi connectivity index (χ2v) is 3.93. The number of nitrogens with one attached hydrogen (secondary N) is 1. The van der Waals surface area contributed by atoms with Crippen LogP contribution in [0.3, 0.4) is 0 Å². The molecule has 0 fully saturated rings. The summed E-state index contributed by atoms with van der Waals surface area (Å²) < 4.78 is 0. The number of hydrogen-bond acceptors (Lipinski definition) is 3. The highest BCUT2D eigenvalue weighted by molar-refractivity contribution is 5.76. The van der Waals surface area contributed by atoms with Crippen LogP contribution in [0.5, 0.6) is 0 Å². The van der Waals surface area contributed by atoms with Crippen LogP contribution in [-0.2, 0) is 11.2 Å². The minimum absolute atomic E-state index is 0.408. The largest absolute Gasteiger partial charge is 0.481 e. The lowest BCUT2D eigenvalue weighted by atomic mass is 10.0. The van der Waals surface area contributed by atoms with Gasteiger partial charge in [-0.15, -0.1) is 0 Å². The molecule has 0 amide bonds. The molecule has 16 heavy (non-hydrogen) atoms. The zero-order valence-electron chi connectivity index (χ0n) is 9.19. The van der Waals surface area contributed by atoms with Crippen molar-refractivity contribution in [2.45, 2.75) is 20.3 Å². The summed E-state index contributed by atoms with van der Waals surface area (Å²) >= 11 is 0. The van der Waals surface area contributed by atoms with Crippen LogP contribution < -0.4 is 0 Å².